The molecule has 0 bridgehead atoms. The van der Waals surface area contributed by atoms with E-state index in [1.54, 1.807) is 0 Å². The van der Waals surface area contributed by atoms with Gasteiger partial charge in [0.2, 0.25) is 0 Å². The molecule has 0 aromatic carbocycles. The summed E-state index contributed by atoms with van der Waals surface area (Å²) in [6, 6.07) is 0. The van der Waals surface area contributed by atoms with Crippen LogP contribution in [-0.2, 0) is 9.84 Å². The Balaban J connectivity index is 4.16. The second-order valence-electron chi connectivity index (χ2n) is 5.71. The average molecular weight is 278 g/mol. The minimum atomic E-state index is -2.86. The van der Waals surface area contributed by atoms with Gasteiger partial charge in [0.1, 0.15) is 9.84 Å². The number of sulfone groups is 1. The smallest absolute Gasteiger partial charge is 0.148 e. The Morgan fingerprint density at radius 2 is 1.89 bits per heavy atom. The lowest BCUT2D eigenvalue weighted by Crippen LogP contribution is -2.42. The molecule has 4 nitrogen and oxygen atoms in total. The Labute approximate surface area is 113 Å². The summed E-state index contributed by atoms with van der Waals surface area (Å²) in [6.45, 7) is 10.2. The van der Waals surface area contributed by atoms with E-state index in [4.69, 9.17) is 0 Å². The van der Waals surface area contributed by atoms with Gasteiger partial charge in [-0.3, -0.25) is 0 Å². The molecule has 0 aliphatic rings. The Kier molecular flexibility index (Phi) is 8.06. The third kappa shape index (κ3) is 8.89. The zero-order chi connectivity index (χ0) is 14.2. The van der Waals surface area contributed by atoms with Gasteiger partial charge in [-0.1, -0.05) is 20.8 Å². The molecule has 0 aromatic rings. The maximum absolute atomic E-state index is 11.1. The van der Waals surface area contributed by atoms with E-state index in [2.05, 4.69) is 31.0 Å². The van der Waals surface area contributed by atoms with Gasteiger partial charge in [0.15, 0.2) is 0 Å². The van der Waals surface area contributed by atoms with Gasteiger partial charge in [-0.2, -0.15) is 0 Å². The fourth-order valence-electron chi connectivity index (χ4n) is 1.91. The van der Waals surface area contributed by atoms with Crippen molar-refractivity contribution in [3.8, 4) is 0 Å². The number of hydrogen-bond acceptors (Lipinski definition) is 4. The van der Waals surface area contributed by atoms with E-state index in [9.17, 15) is 8.42 Å². The Bertz CT molecular complexity index is 317. The summed E-state index contributed by atoms with van der Waals surface area (Å²) in [5.41, 5.74) is 0.210. The predicted octanol–water partition coefficient (Wildman–Crippen LogP) is 1.38. The van der Waals surface area contributed by atoms with Gasteiger partial charge in [-0.05, 0) is 31.8 Å². The molecule has 0 amide bonds. The zero-order valence-electron chi connectivity index (χ0n) is 12.6. The van der Waals surface area contributed by atoms with Crippen LogP contribution in [0.5, 0.6) is 0 Å². The van der Waals surface area contributed by atoms with E-state index in [1.807, 2.05) is 7.05 Å². The molecule has 0 aliphatic heterocycles. The summed E-state index contributed by atoms with van der Waals surface area (Å²) < 4.78 is 22.3. The van der Waals surface area contributed by atoms with Gasteiger partial charge >= 0.3 is 0 Å². The molecule has 1 N–H and O–H groups in total. The van der Waals surface area contributed by atoms with Gasteiger partial charge in [-0.25, -0.2) is 8.42 Å². The van der Waals surface area contributed by atoms with E-state index in [0.29, 0.717) is 6.54 Å². The molecule has 0 heterocycles. The summed E-state index contributed by atoms with van der Waals surface area (Å²) >= 11 is 0. The lowest BCUT2D eigenvalue weighted by Gasteiger charge is -2.33. The SMILES string of the molecule is CCCNCC(C)(CC)CN(C)CCS(C)(=O)=O. The van der Waals surface area contributed by atoms with Crippen LogP contribution in [0.4, 0.5) is 0 Å². The second-order valence-corrected chi connectivity index (χ2v) is 7.97. The molecule has 0 saturated heterocycles. The fraction of sp³-hybridized carbons (Fsp3) is 1.00. The van der Waals surface area contributed by atoms with Crippen LogP contribution in [0.3, 0.4) is 0 Å². The summed E-state index contributed by atoms with van der Waals surface area (Å²) in [7, 11) is -0.861. The average Bonchev–Trinajstić information content (AvgIpc) is 2.26. The maximum atomic E-state index is 11.1. The van der Waals surface area contributed by atoms with Crippen molar-refractivity contribution < 1.29 is 8.42 Å². The number of hydrogen-bond donors (Lipinski definition) is 1. The first-order chi connectivity index (χ1) is 8.22. The van der Waals surface area contributed by atoms with Gasteiger partial charge in [0.05, 0.1) is 5.75 Å². The molecule has 0 fully saturated rings. The molecule has 18 heavy (non-hydrogen) atoms. The van der Waals surface area contributed by atoms with Crippen LogP contribution >= 0.6 is 0 Å². The normalized spacial score (nSPS) is 15.9. The standard InChI is InChI=1S/C13H30N2O2S/c1-6-8-14-11-13(3,7-2)12-15(4)9-10-18(5,16)17/h14H,6-12H2,1-5H3. The van der Waals surface area contributed by atoms with Crippen molar-refractivity contribution in [2.75, 3.05) is 45.2 Å². The third-order valence-corrected chi connectivity index (χ3v) is 4.25. The van der Waals surface area contributed by atoms with Crippen LogP contribution in [0.15, 0.2) is 0 Å². The van der Waals surface area contributed by atoms with Crippen molar-refractivity contribution in [2.45, 2.75) is 33.6 Å². The van der Waals surface area contributed by atoms with Crippen molar-refractivity contribution >= 4 is 9.84 Å². The summed E-state index contributed by atoms with van der Waals surface area (Å²) in [4.78, 5) is 2.12. The molecule has 0 rings (SSSR count). The molecule has 5 heteroatoms. The van der Waals surface area contributed by atoms with Crippen LogP contribution in [0, 0.1) is 5.41 Å². The molecule has 110 valence electrons. The topological polar surface area (TPSA) is 49.4 Å². The quantitative estimate of drug-likeness (QED) is 0.613. The Morgan fingerprint density at radius 3 is 2.33 bits per heavy atom. The van der Waals surface area contributed by atoms with Gasteiger partial charge in [-0.15, -0.1) is 0 Å². The van der Waals surface area contributed by atoms with Gasteiger partial charge in [0.25, 0.3) is 0 Å². The lowest BCUT2D eigenvalue weighted by atomic mass is 9.87. The highest BCUT2D eigenvalue weighted by atomic mass is 32.2. The van der Waals surface area contributed by atoms with Crippen molar-refractivity contribution in [2.24, 2.45) is 5.41 Å². The minimum absolute atomic E-state index is 0.210. The highest BCUT2D eigenvalue weighted by Gasteiger charge is 2.23. The van der Waals surface area contributed by atoms with Crippen molar-refractivity contribution in [3.63, 3.8) is 0 Å². The zero-order valence-corrected chi connectivity index (χ0v) is 13.4. The minimum Gasteiger partial charge on any atom is -0.316 e. The molecule has 0 spiro atoms. The third-order valence-electron chi connectivity index (χ3n) is 3.33. The summed E-state index contributed by atoms with van der Waals surface area (Å²) in [6.07, 6.45) is 3.53. The second kappa shape index (κ2) is 8.12. The largest absolute Gasteiger partial charge is 0.316 e. The molecule has 0 aromatic heterocycles. The molecular formula is C13H30N2O2S. The predicted molar refractivity (Wildman–Crippen MR) is 78.8 cm³/mol. The van der Waals surface area contributed by atoms with Crippen molar-refractivity contribution in [1.82, 2.24) is 10.2 Å². The number of rotatable bonds is 10. The van der Waals surface area contributed by atoms with Crippen LogP contribution < -0.4 is 5.32 Å². The first-order valence-corrected chi connectivity index (χ1v) is 8.85. The molecule has 0 aliphatic carbocycles. The van der Waals surface area contributed by atoms with Gasteiger partial charge < -0.3 is 10.2 Å². The van der Waals surface area contributed by atoms with E-state index in [1.165, 1.54) is 6.26 Å². The Morgan fingerprint density at radius 1 is 1.28 bits per heavy atom. The molecule has 0 saturated carbocycles. The van der Waals surface area contributed by atoms with Crippen molar-refractivity contribution in [3.05, 3.63) is 0 Å². The van der Waals surface area contributed by atoms with Crippen LogP contribution in [0.2, 0.25) is 0 Å². The van der Waals surface area contributed by atoms with Gasteiger partial charge in [0, 0.05) is 25.9 Å². The van der Waals surface area contributed by atoms with Crippen LogP contribution in [-0.4, -0.2) is 58.6 Å². The van der Waals surface area contributed by atoms with Crippen molar-refractivity contribution in [1.29, 1.82) is 0 Å². The molecule has 1 atom stereocenters. The maximum Gasteiger partial charge on any atom is 0.148 e. The number of nitrogens with one attached hydrogen (secondary N) is 1. The monoisotopic (exact) mass is 278 g/mol. The summed E-state index contributed by atoms with van der Waals surface area (Å²) in [5, 5.41) is 3.46. The highest BCUT2D eigenvalue weighted by molar-refractivity contribution is 7.90. The van der Waals surface area contributed by atoms with E-state index < -0.39 is 9.84 Å². The fourth-order valence-corrected chi connectivity index (χ4v) is 2.56. The number of nitrogens with zero attached hydrogens (tertiary/aromatic N) is 1. The Hall–Kier alpha value is -0.130. The van der Waals surface area contributed by atoms with Crippen LogP contribution in [0.1, 0.15) is 33.6 Å². The summed E-state index contributed by atoms with van der Waals surface area (Å²) in [5.74, 6) is 0.242. The first-order valence-electron chi connectivity index (χ1n) is 6.79. The van der Waals surface area contributed by atoms with E-state index >= 15 is 0 Å². The van der Waals surface area contributed by atoms with E-state index in [-0.39, 0.29) is 11.2 Å². The van der Waals surface area contributed by atoms with Crippen LogP contribution in [0.25, 0.3) is 0 Å². The first kappa shape index (κ1) is 17.9. The lowest BCUT2D eigenvalue weighted by molar-refractivity contribution is 0.186. The molecule has 1 unspecified atom stereocenters. The molecular weight excluding hydrogens is 248 g/mol. The highest BCUT2D eigenvalue weighted by Crippen LogP contribution is 2.21. The van der Waals surface area contributed by atoms with E-state index in [0.717, 1.165) is 32.5 Å². The molecule has 0 radical (unpaired) electrons.